The van der Waals surface area contributed by atoms with Gasteiger partial charge in [0, 0.05) is 10.5 Å². The van der Waals surface area contributed by atoms with Gasteiger partial charge in [0.05, 0.1) is 5.69 Å². The second kappa shape index (κ2) is 4.34. The highest BCUT2D eigenvalue weighted by atomic mass is 79.9. The molecule has 7 heteroatoms. The average molecular weight is 326 g/mol. The Morgan fingerprint density at radius 1 is 1.18 bits per heavy atom. The zero-order chi connectivity index (χ0) is 12.6. The molecule has 0 amide bonds. The van der Waals surface area contributed by atoms with Crippen molar-refractivity contribution in [3.8, 4) is 5.69 Å². The van der Waals surface area contributed by atoms with Crippen LogP contribution >= 0.6 is 27.5 Å². The third-order valence-corrected chi connectivity index (χ3v) is 2.83. The van der Waals surface area contributed by atoms with E-state index in [0.717, 1.165) is 15.2 Å². The normalized spacial score (nSPS) is 11.8. The Balaban J connectivity index is 2.46. The molecule has 1 aromatic carbocycles. The van der Waals surface area contributed by atoms with Crippen LogP contribution in [0.2, 0.25) is 5.15 Å². The van der Waals surface area contributed by atoms with Crippen LogP contribution in [-0.2, 0) is 6.18 Å². The highest BCUT2D eigenvalue weighted by Gasteiger charge is 2.34. The molecule has 0 saturated heterocycles. The summed E-state index contributed by atoms with van der Waals surface area (Å²) in [4.78, 5) is 0. The van der Waals surface area contributed by atoms with E-state index in [2.05, 4.69) is 21.0 Å². The van der Waals surface area contributed by atoms with Crippen molar-refractivity contribution in [2.24, 2.45) is 0 Å². The Bertz CT molecular complexity index is 533. The van der Waals surface area contributed by atoms with Crippen LogP contribution in [0, 0.1) is 0 Å². The average Bonchev–Trinajstić information content (AvgIpc) is 2.61. The first-order valence-electron chi connectivity index (χ1n) is 4.46. The molecule has 0 radical (unpaired) electrons. The van der Waals surface area contributed by atoms with Gasteiger partial charge in [0.25, 0.3) is 0 Å². The lowest BCUT2D eigenvalue weighted by atomic mass is 10.3. The van der Waals surface area contributed by atoms with E-state index >= 15 is 0 Å². The van der Waals surface area contributed by atoms with E-state index in [9.17, 15) is 13.2 Å². The van der Waals surface area contributed by atoms with Crippen LogP contribution in [0.3, 0.4) is 0 Å². The quantitative estimate of drug-likeness (QED) is 0.764. The molecule has 0 N–H and O–H groups in total. The summed E-state index contributed by atoms with van der Waals surface area (Å²) >= 11 is 8.94. The Morgan fingerprint density at radius 3 is 2.24 bits per heavy atom. The molecule has 0 bridgehead atoms. The summed E-state index contributed by atoms with van der Waals surface area (Å²) in [7, 11) is 0. The molecule has 0 unspecified atom stereocenters. The maximum Gasteiger partial charge on any atom is 0.435 e. The summed E-state index contributed by atoms with van der Waals surface area (Å²) in [6, 6.07) is 7.41. The van der Waals surface area contributed by atoms with Crippen LogP contribution in [0.4, 0.5) is 13.2 Å². The SMILES string of the molecule is FC(F)(F)c1cc(Cl)n(-c2ccc(Br)cc2)n1. The van der Waals surface area contributed by atoms with Crippen molar-refractivity contribution in [1.82, 2.24) is 9.78 Å². The lowest BCUT2D eigenvalue weighted by Gasteiger charge is -2.03. The van der Waals surface area contributed by atoms with Gasteiger partial charge in [-0.1, -0.05) is 27.5 Å². The van der Waals surface area contributed by atoms with Crippen LogP contribution < -0.4 is 0 Å². The first kappa shape index (κ1) is 12.4. The summed E-state index contributed by atoms with van der Waals surface area (Å²) in [6.45, 7) is 0. The topological polar surface area (TPSA) is 17.8 Å². The Kier molecular flexibility index (Phi) is 3.18. The molecule has 0 atom stereocenters. The Hall–Kier alpha value is -1.01. The molecule has 0 aliphatic heterocycles. The first-order chi connectivity index (χ1) is 7.88. The highest BCUT2D eigenvalue weighted by molar-refractivity contribution is 9.10. The number of nitrogens with zero attached hydrogens (tertiary/aromatic N) is 2. The summed E-state index contributed by atoms with van der Waals surface area (Å²) in [5.74, 6) is 0. The number of halogens is 5. The fourth-order valence-corrected chi connectivity index (χ4v) is 1.76. The van der Waals surface area contributed by atoms with Gasteiger partial charge in [-0.3, -0.25) is 0 Å². The summed E-state index contributed by atoms with van der Waals surface area (Å²) in [5, 5.41) is 3.34. The molecule has 0 spiro atoms. The van der Waals surface area contributed by atoms with E-state index in [4.69, 9.17) is 11.6 Å². The van der Waals surface area contributed by atoms with E-state index in [1.54, 1.807) is 24.3 Å². The van der Waals surface area contributed by atoms with Gasteiger partial charge in [-0.2, -0.15) is 18.3 Å². The lowest BCUT2D eigenvalue weighted by molar-refractivity contribution is -0.141. The van der Waals surface area contributed by atoms with Crippen LogP contribution in [0.15, 0.2) is 34.8 Å². The number of alkyl halides is 3. The Morgan fingerprint density at radius 2 is 1.76 bits per heavy atom. The fraction of sp³-hybridized carbons (Fsp3) is 0.100. The van der Waals surface area contributed by atoms with Gasteiger partial charge in [-0.25, -0.2) is 4.68 Å². The molecule has 1 heterocycles. The predicted octanol–water partition coefficient (Wildman–Crippen LogP) is 4.31. The van der Waals surface area contributed by atoms with Gasteiger partial charge >= 0.3 is 6.18 Å². The Labute approximate surface area is 108 Å². The van der Waals surface area contributed by atoms with Crippen molar-refractivity contribution in [2.45, 2.75) is 6.18 Å². The maximum atomic E-state index is 12.4. The van der Waals surface area contributed by atoms with Crippen molar-refractivity contribution in [2.75, 3.05) is 0 Å². The predicted molar refractivity (Wildman–Crippen MR) is 61.3 cm³/mol. The second-order valence-electron chi connectivity index (χ2n) is 3.24. The van der Waals surface area contributed by atoms with E-state index < -0.39 is 11.9 Å². The van der Waals surface area contributed by atoms with Gasteiger partial charge in [-0.15, -0.1) is 0 Å². The zero-order valence-corrected chi connectivity index (χ0v) is 10.5. The molecule has 1 aromatic heterocycles. The van der Waals surface area contributed by atoms with Crippen LogP contribution in [0.25, 0.3) is 5.69 Å². The van der Waals surface area contributed by atoms with E-state index in [1.165, 1.54) is 0 Å². The number of benzene rings is 1. The number of hydrogen-bond donors (Lipinski definition) is 0. The molecule has 0 aliphatic carbocycles. The minimum atomic E-state index is -4.50. The smallest absolute Gasteiger partial charge is 0.222 e. The number of aromatic nitrogens is 2. The van der Waals surface area contributed by atoms with Gasteiger partial charge in [-0.05, 0) is 24.3 Å². The van der Waals surface area contributed by atoms with Gasteiger partial charge in [0.1, 0.15) is 5.15 Å². The monoisotopic (exact) mass is 324 g/mol. The summed E-state index contributed by atoms with van der Waals surface area (Å²) < 4.78 is 39.1. The fourth-order valence-electron chi connectivity index (χ4n) is 1.26. The minimum absolute atomic E-state index is 0.0837. The third-order valence-electron chi connectivity index (χ3n) is 2.03. The van der Waals surface area contributed by atoms with Crippen molar-refractivity contribution >= 4 is 27.5 Å². The molecule has 2 rings (SSSR count). The molecule has 2 nitrogen and oxygen atoms in total. The largest absolute Gasteiger partial charge is 0.435 e. The van der Waals surface area contributed by atoms with Gasteiger partial charge in [0.2, 0.25) is 0 Å². The van der Waals surface area contributed by atoms with Crippen molar-refractivity contribution in [1.29, 1.82) is 0 Å². The maximum absolute atomic E-state index is 12.4. The molecule has 0 aliphatic rings. The summed E-state index contributed by atoms with van der Waals surface area (Å²) in [5.41, 5.74) is -0.542. The molecular formula is C10H5BrClF3N2. The second-order valence-corrected chi connectivity index (χ2v) is 4.54. The van der Waals surface area contributed by atoms with Gasteiger partial charge in [0.15, 0.2) is 5.69 Å². The van der Waals surface area contributed by atoms with E-state index in [0.29, 0.717) is 5.69 Å². The lowest BCUT2D eigenvalue weighted by Crippen LogP contribution is -2.07. The van der Waals surface area contributed by atoms with E-state index in [1.807, 2.05) is 0 Å². The van der Waals surface area contributed by atoms with Crippen molar-refractivity contribution < 1.29 is 13.2 Å². The molecule has 2 aromatic rings. The van der Waals surface area contributed by atoms with Crippen LogP contribution in [0.5, 0.6) is 0 Å². The number of rotatable bonds is 1. The van der Waals surface area contributed by atoms with E-state index in [-0.39, 0.29) is 5.15 Å². The van der Waals surface area contributed by atoms with Crippen molar-refractivity contribution in [3.05, 3.63) is 45.7 Å². The minimum Gasteiger partial charge on any atom is -0.222 e. The summed E-state index contributed by atoms with van der Waals surface area (Å²) in [6.07, 6.45) is -4.50. The zero-order valence-electron chi connectivity index (χ0n) is 8.17. The molecule has 0 saturated carbocycles. The molecule has 17 heavy (non-hydrogen) atoms. The van der Waals surface area contributed by atoms with Crippen molar-refractivity contribution in [3.63, 3.8) is 0 Å². The standard InChI is InChI=1S/C10H5BrClF3N2/c11-6-1-3-7(4-2-6)17-9(12)5-8(16-17)10(13,14)15/h1-5H. The molecule has 90 valence electrons. The molecular weight excluding hydrogens is 320 g/mol. The van der Waals surface area contributed by atoms with Crippen LogP contribution in [0.1, 0.15) is 5.69 Å². The van der Waals surface area contributed by atoms with Crippen LogP contribution in [-0.4, -0.2) is 9.78 Å². The number of hydrogen-bond acceptors (Lipinski definition) is 1. The van der Waals surface area contributed by atoms with Gasteiger partial charge < -0.3 is 0 Å². The third kappa shape index (κ3) is 2.63. The molecule has 0 fully saturated rings. The highest BCUT2D eigenvalue weighted by Crippen LogP contribution is 2.31. The first-order valence-corrected chi connectivity index (χ1v) is 5.64.